The Bertz CT molecular complexity index is 3780. The molecule has 6 heteroatoms. The molecule has 8 aromatic carbocycles. The fourth-order valence-corrected chi connectivity index (χ4v) is 8.85. The maximum Gasteiger partial charge on any atom is 0.137 e. The first kappa shape index (κ1) is 27.6. The highest BCUT2D eigenvalue weighted by Gasteiger charge is 2.31. The molecule has 4 aliphatic rings. The molecule has 0 atom stereocenters. The summed E-state index contributed by atoms with van der Waals surface area (Å²) in [6.07, 6.45) is 1.46. The van der Waals surface area contributed by atoms with Crippen molar-refractivity contribution in [3.05, 3.63) is 205 Å². The van der Waals surface area contributed by atoms with Crippen molar-refractivity contribution in [3.8, 4) is 62.2 Å². The van der Waals surface area contributed by atoms with Crippen molar-refractivity contribution in [2.45, 2.75) is 13.7 Å². The van der Waals surface area contributed by atoms with Crippen LogP contribution in [0.1, 0.15) is 23.5 Å². The number of ether oxygens (including phenoxy) is 2. The molecule has 296 valence electrons. The average Bonchev–Trinajstić information content (AvgIpc) is 3.92. The molecule has 12 bridgehead atoms. The molecular weight excluding hydrogens is 761 g/mol. The van der Waals surface area contributed by atoms with Crippen molar-refractivity contribution >= 4 is 44.6 Å². The normalized spacial score (nSPS) is 15.3. The van der Waals surface area contributed by atoms with E-state index < -0.39 is 37.4 Å². The molecule has 14 rings (SSSR count). The second kappa shape index (κ2) is 14.3. The molecule has 0 saturated heterocycles. The van der Waals surface area contributed by atoms with Crippen molar-refractivity contribution in [2.24, 2.45) is 0 Å². The standard InChI is InChI=1S/C56H40N4O2/c1-36-21-28-51-49(29-36)48-27-26-45-33-54(48)60(51)55-30-37(2)50(34-57-55)40-13-8-15-43(31-40)61-42-24-22-39(23-25-42)47-18-10-17-46(38-11-4-3-5-12-38)56(47)59-35-58(52-19-6-7-20-53(52)59)41-14-9-16-44(32-41)62-45/h3-34H,35H2,1-2H3/i1D3,2D3,21D,28D,29D. The van der Waals surface area contributed by atoms with Gasteiger partial charge < -0.3 is 19.3 Å². The zero-order valence-corrected chi connectivity index (χ0v) is 33.1. The largest absolute Gasteiger partial charge is 0.457 e. The smallest absolute Gasteiger partial charge is 0.137 e. The molecule has 0 spiro atoms. The Hall–Kier alpha value is -8.09. The van der Waals surface area contributed by atoms with Gasteiger partial charge in [-0.3, -0.25) is 4.57 Å². The fourth-order valence-electron chi connectivity index (χ4n) is 8.85. The van der Waals surface area contributed by atoms with Crippen LogP contribution in [0, 0.1) is 13.7 Å². The van der Waals surface area contributed by atoms with Crippen LogP contribution < -0.4 is 19.3 Å². The number of benzene rings is 8. The Labute approximate surface area is 372 Å². The van der Waals surface area contributed by atoms with E-state index in [1.807, 2.05) is 78.9 Å². The molecule has 0 unspecified atom stereocenters. The number of hydrogen-bond donors (Lipinski definition) is 0. The molecular formula is C56H40N4O2. The number of fused-ring (bicyclic) bond motifs is 5. The number of rotatable bonds is 1. The summed E-state index contributed by atoms with van der Waals surface area (Å²) in [5.41, 5.74) is 8.66. The lowest BCUT2D eigenvalue weighted by Gasteiger charge is -2.27. The third-order valence-electron chi connectivity index (χ3n) is 11.7. The zero-order chi connectivity index (χ0) is 48.9. The number of hydrogen-bond acceptors (Lipinski definition) is 5. The minimum absolute atomic E-state index is 0.0342. The summed E-state index contributed by atoms with van der Waals surface area (Å²) in [5.74, 6) is 2.00. The topological polar surface area (TPSA) is 42.8 Å². The SMILES string of the molecule is [2H]c1c(C([2H])([2H])[2H])c([2H])c2c3ccc4cc3n(c2c1[2H])-c1cc(C([2H])([2H])[2H])c(cn1)-c1cccc(c1)Oc1ccc(cc1)-c1cccc(-c2ccccc2)c1N1CN(c2cccc(c2)O4)c2ccccc21. The molecule has 0 saturated carbocycles. The fraction of sp³-hybridized carbons (Fsp3) is 0.0536. The van der Waals surface area contributed by atoms with Gasteiger partial charge in [-0.2, -0.15) is 0 Å². The van der Waals surface area contributed by atoms with Gasteiger partial charge in [0.1, 0.15) is 35.5 Å². The van der Waals surface area contributed by atoms with Gasteiger partial charge >= 0.3 is 0 Å². The van der Waals surface area contributed by atoms with Gasteiger partial charge in [0.15, 0.2) is 0 Å². The van der Waals surface area contributed by atoms with Gasteiger partial charge in [0.2, 0.25) is 0 Å². The minimum Gasteiger partial charge on any atom is -0.457 e. The van der Waals surface area contributed by atoms with Crippen LogP contribution in [-0.4, -0.2) is 16.2 Å². The molecule has 0 aliphatic carbocycles. The van der Waals surface area contributed by atoms with Crippen LogP contribution in [-0.2, 0) is 0 Å². The second-order valence-electron chi connectivity index (χ2n) is 15.4. The molecule has 2 aromatic heterocycles. The number of nitrogens with zero attached hydrogens (tertiary/aromatic N) is 4. The average molecular weight is 810 g/mol. The lowest BCUT2D eigenvalue weighted by Crippen LogP contribution is -2.24. The maximum absolute atomic E-state index is 9.28. The van der Waals surface area contributed by atoms with Crippen molar-refractivity contribution in [1.29, 1.82) is 0 Å². The van der Waals surface area contributed by atoms with E-state index in [4.69, 9.17) is 24.1 Å². The first-order chi connectivity index (χ1) is 34.2. The monoisotopic (exact) mass is 809 g/mol. The highest BCUT2D eigenvalue weighted by molar-refractivity contribution is 6.10. The zero-order valence-electron chi connectivity index (χ0n) is 42.1. The van der Waals surface area contributed by atoms with Crippen molar-refractivity contribution in [1.82, 2.24) is 9.55 Å². The molecule has 0 N–H and O–H groups in total. The van der Waals surface area contributed by atoms with Crippen LogP contribution in [0.5, 0.6) is 23.0 Å². The van der Waals surface area contributed by atoms with E-state index in [-0.39, 0.29) is 22.3 Å². The maximum atomic E-state index is 9.28. The summed E-state index contributed by atoms with van der Waals surface area (Å²) in [7, 11) is 0. The molecule has 6 nitrogen and oxygen atoms in total. The quantitative estimate of drug-likeness (QED) is 0.165. The van der Waals surface area contributed by atoms with Gasteiger partial charge in [0, 0.05) is 59.7 Å². The summed E-state index contributed by atoms with van der Waals surface area (Å²) >= 11 is 0. The van der Waals surface area contributed by atoms with Crippen LogP contribution in [0.15, 0.2) is 194 Å². The van der Waals surface area contributed by atoms with Crippen LogP contribution in [0.2, 0.25) is 0 Å². The Kier molecular flexibility index (Phi) is 6.36. The number of anilines is 4. The van der Waals surface area contributed by atoms with E-state index in [2.05, 4.69) is 52.3 Å². The van der Waals surface area contributed by atoms with Crippen LogP contribution in [0.4, 0.5) is 22.7 Å². The van der Waals surface area contributed by atoms with Gasteiger partial charge in [-0.25, -0.2) is 4.98 Å². The van der Waals surface area contributed by atoms with Crippen LogP contribution >= 0.6 is 0 Å². The van der Waals surface area contributed by atoms with Crippen molar-refractivity contribution in [3.63, 3.8) is 0 Å². The lowest BCUT2D eigenvalue weighted by atomic mass is 9.95. The van der Waals surface area contributed by atoms with Crippen LogP contribution in [0.25, 0.3) is 61.0 Å². The lowest BCUT2D eigenvalue weighted by molar-refractivity contribution is 0.483. The molecule has 10 aromatic rings. The first-order valence-electron chi connectivity index (χ1n) is 24.8. The molecule has 0 fully saturated rings. The molecule has 0 amide bonds. The summed E-state index contributed by atoms with van der Waals surface area (Å²) in [6.45, 7) is -5.06. The highest BCUT2D eigenvalue weighted by atomic mass is 16.5. The second-order valence-corrected chi connectivity index (χ2v) is 15.4. The molecule has 62 heavy (non-hydrogen) atoms. The third-order valence-corrected chi connectivity index (χ3v) is 11.7. The van der Waals surface area contributed by atoms with Gasteiger partial charge in [-0.05, 0) is 115 Å². The van der Waals surface area contributed by atoms with E-state index >= 15 is 0 Å². The molecule has 0 radical (unpaired) electrons. The van der Waals surface area contributed by atoms with Crippen LogP contribution in [0.3, 0.4) is 0 Å². The van der Waals surface area contributed by atoms with E-state index in [1.165, 1.54) is 16.8 Å². The highest BCUT2D eigenvalue weighted by Crippen LogP contribution is 2.50. The Morgan fingerprint density at radius 1 is 0.532 bits per heavy atom. The molecule has 6 heterocycles. The number of pyridine rings is 1. The van der Waals surface area contributed by atoms with Gasteiger partial charge in [0.05, 0.1) is 32.2 Å². The Morgan fingerprint density at radius 2 is 1.23 bits per heavy atom. The number of aromatic nitrogens is 2. The summed E-state index contributed by atoms with van der Waals surface area (Å²) in [6, 6.07) is 52.9. The third kappa shape index (κ3) is 5.99. The number of aryl methyl sites for hydroxylation is 1. The van der Waals surface area contributed by atoms with Crippen molar-refractivity contribution in [2.75, 3.05) is 16.5 Å². The molecule has 4 aliphatic heterocycles. The Balaban J connectivity index is 1.10. The predicted molar refractivity (Wildman–Crippen MR) is 253 cm³/mol. The van der Waals surface area contributed by atoms with Crippen molar-refractivity contribution < 1.29 is 21.8 Å². The predicted octanol–water partition coefficient (Wildman–Crippen LogP) is 14.9. The van der Waals surface area contributed by atoms with E-state index in [0.29, 0.717) is 51.7 Å². The number of para-hydroxylation sites is 3. The first-order valence-corrected chi connectivity index (χ1v) is 20.3. The van der Waals surface area contributed by atoms with E-state index in [0.717, 1.165) is 45.0 Å². The van der Waals surface area contributed by atoms with E-state index in [9.17, 15) is 2.74 Å². The van der Waals surface area contributed by atoms with Gasteiger partial charge in [0.25, 0.3) is 0 Å². The summed E-state index contributed by atoms with van der Waals surface area (Å²) < 4.78 is 93.2. The van der Waals surface area contributed by atoms with Gasteiger partial charge in [-0.15, -0.1) is 0 Å². The summed E-state index contributed by atoms with van der Waals surface area (Å²) in [5, 5.41) is 0.507. The minimum atomic E-state index is -2.87. The Morgan fingerprint density at radius 3 is 2.05 bits per heavy atom. The van der Waals surface area contributed by atoms with E-state index in [1.54, 1.807) is 42.5 Å². The van der Waals surface area contributed by atoms with Gasteiger partial charge in [-0.1, -0.05) is 103 Å². The summed E-state index contributed by atoms with van der Waals surface area (Å²) in [4.78, 5) is 9.40.